The van der Waals surface area contributed by atoms with E-state index in [0.717, 1.165) is 20.6 Å². The second-order valence-electron chi connectivity index (χ2n) is 4.14. The van der Waals surface area contributed by atoms with E-state index in [1.165, 1.54) is 17.4 Å². The van der Waals surface area contributed by atoms with Crippen LogP contribution in [0.4, 0.5) is 17.6 Å². The Morgan fingerprint density at radius 2 is 1.90 bits per heavy atom. The molecule has 0 bridgehead atoms. The van der Waals surface area contributed by atoms with Gasteiger partial charge in [0, 0.05) is 0 Å². The summed E-state index contributed by atoms with van der Waals surface area (Å²) >= 11 is 3.69. The molecule has 1 aromatic heterocycles. The molecule has 0 aliphatic carbocycles. The standard InChI is InChI=1S/C13H10F4INS/c1-19-12(8-5-11(18)20-6-8)7-2-3-9(10(14)4-7)13(15,16)17/h2-6,12,19H,1H3. The molecule has 0 radical (unpaired) electrons. The van der Waals surface area contributed by atoms with Gasteiger partial charge in [0.2, 0.25) is 0 Å². The van der Waals surface area contributed by atoms with E-state index in [2.05, 4.69) is 27.9 Å². The van der Waals surface area contributed by atoms with Crippen molar-refractivity contribution in [3.05, 3.63) is 55.0 Å². The molecule has 1 heterocycles. The van der Waals surface area contributed by atoms with Crippen LogP contribution in [0.2, 0.25) is 0 Å². The van der Waals surface area contributed by atoms with Crippen molar-refractivity contribution in [2.24, 2.45) is 0 Å². The smallest absolute Gasteiger partial charge is 0.309 e. The molecule has 20 heavy (non-hydrogen) atoms. The molecular weight excluding hydrogens is 405 g/mol. The summed E-state index contributed by atoms with van der Waals surface area (Å²) in [7, 11) is 1.69. The van der Waals surface area contributed by atoms with Gasteiger partial charge < -0.3 is 5.32 Å². The van der Waals surface area contributed by atoms with E-state index >= 15 is 0 Å². The van der Waals surface area contributed by atoms with E-state index in [-0.39, 0.29) is 6.04 Å². The third kappa shape index (κ3) is 3.32. The summed E-state index contributed by atoms with van der Waals surface area (Å²) in [5, 5.41) is 4.89. The van der Waals surface area contributed by atoms with Crippen LogP contribution in [0.15, 0.2) is 29.6 Å². The van der Waals surface area contributed by atoms with Crippen LogP contribution < -0.4 is 5.32 Å². The zero-order valence-corrected chi connectivity index (χ0v) is 13.2. The Kier molecular flexibility index (Phi) is 4.70. The molecule has 0 saturated carbocycles. The normalized spacial score (nSPS) is 13.5. The van der Waals surface area contributed by atoms with Crippen LogP contribution in [0, 0.1) is 8.70 Å². The van der Waals surface area contributed by atoms with Crippen molar-refractivity contribution in [3.8, 4) is 0 Å². The van der Waals surface area contributed by atoms with Crippen molar-refractivity contribution < 1.29 is 17.6 Å². The molecule has 2 rings (SSSR count). The maximum Gasteiger partial charge on any atom is 0.419 e. The van der Waals surface area contributed by atoms with E-state index in [4.69, 9.17) is 0 Å². The molecule has 0 aliphatic heterocycles. The minimum Gasteiger partial charge on any atom is -0.309 e. The minimum absolute atomic E-state index is 0.327. The predicted molar refractivity (Wildman–Crippen MR) is 79.3 cm³/mol. The molecule has 1 atom stereocenters. The van der Waals surface area contributed by atoms with Crippen LogP contribution >= 0.6 is 33.9 Å². The number of nitrogens with one attached hydrogen (secondary N) is 1. The van der Waals surface area contributed by atoms with E-state index in [1.807, 2.05) is 11.4 Å². The van der Waals surface area contributed by atoms with Crippen molar-refractivity contribution in [1.29, 1.82) is 0 Å². The summed E-state index contributed by atoms with van der Waals surface area (Å²) in [6, 6.07) is 4.62. The molecule has 1 nitrogen and oxygen atoms in total. The van der Waals surface area contributed by atoms with Crippen molar-refractivity contribution in [2.45, 2.75) is 12.2 Å². The Morgan fingerprint density at radius 3 is 2.35 bits per heavy atom. The maximum atomic E-state index is 13.6. The molecule has 1 unspecified atom stereocenters. The Morgan fingerprint density at radius 1 is 1.20 bits per heavy atom. The first-order valence-electron chi connectivity index (χ1n) is 5.60. The van der Waals surface area contributed by atoms with Crippen LogP contribution in [0.3, 0.4) is 0 Å². The highest BCUT2D eigenvalue weighted by Crippen LogP contribution is 2.34. The molecule has 0 saturated heterocycles. The van der Waals surface area contributed by atoms with Crippen LogP contribution in [0.1, 0.15) is 22.7 Å². The summed E-state index contributed by atoms with van der Waals surface area (Å²) < 4.78 is 52.3. The maximum absolute atomic E-state index is 13.6. The SMILES string of the molecule is CNC(c1csc(I)c1)c1ccc(C(F)(F)F)c(F)c1. The first kappa shape index (κ1) is 15.7. The monoisotopic (exact) mass is 415 g/mol. The van der Waals surface area contributed by atoms with Gasteiger partial charge in [-0.1, -0.05) is 6.07 Å². The van der Waals surface area contributed by atoms with E-state index < -0.39 is 17.6 Å². The van der Waals surface area contributed by atoms with Crippen molar-refractivity contribution in [1.82, 2.24) is 5.32 Å². The first-order valence-corrected chi connectivity index (χ1v) is 7.56. The minimum atomic E-state index is -4.67. The summed E-state index contributed by atoms with van der Waals surface area (Å²) in [4.78, 5) is 0. The zero-order valence-electron chi connectivity index (χ0n) is 10.3. The Hall–Kier alpha value is -0.670. The Balaban J connectivity index is 2.39. The molecule has 108 valence electrons. The lowest BCUT2D eigenvalue weighted by Crippen LogP contribution is -2.18. The number of hydrogen-bond donors (Lipinski definition) is 1. The summed E-state index contributed by atoms with van der Waals surface area (Å²) in [5.74, 6) is -1.25. The van der Waals surface area contributed by atoms with Gasteiger partial charge in [0.1, 0.15) is 5.82 Å². The van der Waals surface area contributed by atoms with Crippen molar-refractivity contribution >= 4 is 33.9 Å². The van der Waals surface area contributed by atoms with E-state index in [0.29, 0.717) is 5.56 Å². The van der Waals surface area contributed by atoms with Crippen LogP contribution in [0.5, 0.6) is 0 Å². The summed E-state index contributed by atoms with van der Waals surface area (Å²) in [5.41, 5.74) is 0.129. The van der Waals surface area contributed by atoms with Gasteiger partial charge in [-0.15, -0.1) is 11.3 Å². The molecular formula is C13H10F4INS. The fourth-order valence-electron chi connectivity index (χ4n) is 1.94. The highest BCUT2D eigenvalue weighted by Gasteiger charge is 2.34. The molecule has 0 aliphatic rings. The number of halogens is 5. The highest BCUT2D eigenvalue weighted by atomic mass is 127. The molecule has 0 spiro atoms. The lowest BCUT2D eigenvalue weighted by molar-refractivity contribution is -0.140. The van der Waals surface area contributed by atoms with E-state index in [1.54, 1.807) is 7.05 Å². The molecule has 2 aromatic rings. The summed E-state index contributed by atoms with van der Waals surface area (Å²) in [6.45, 7) is 0. The van der Waals surface area contributed by atoms with Crippen molar-refractivity contribution in [2.75, 3.05) is 7.05 Å². The second-order valence-corrected chi connectivity index (χ2v) is 6.95. The number of thiophene rings is 1. The number of benzene rings is 1. The van der Waals surface area contributed by atoms with Gasteiger partial charge in [-0.3, -0.25) is 0 Å². The predicted octanol–water partition coefficient (Wildman–Crippen LogP) is 4.82. The molecule has 1 aromatic carbocycles. The third-order valence-electron chi connectivity index (χ3n) is 2.84. The van der Waals surface area contributed by atoms with E-state index in [9.17, 15) is 17.6 Å². The number of rotatable bonds is 3. The van der Waals surface area contributed by atoms with Crippen LogP contribution in [-0.4, -0.2) is 7.05 Å². The number of hydrogen-bond acceptors (Lipinski definition) is 2. The largest absolute Gasteiger partial charge is 0.419 e. The fourth-order valence-corrected chi connectivity index (χ4v) is 3.34. The van der Waals surface area contributed by atoms with Crippen molar-refractivity contribution in [3.63, 3.8) is 0 Å². The Bertz CT molecular complexity index is 609. The quantitative estimate of drug-likeness (QED) is 0.560. The van der Waals surface area contributed by atoms with Crippen LogP contribution in [0.25, 0.3) is 0 Å². The van der Waals surface area contributed by atoms with Gasteiger partial charge in [0.25, 0.3) is 0 Å². The lowest BCUT2D eigenvalue weighted by atomic mass is 9.99. The zero-order chi connectivity index (χ0) is 14.9. The highest BCUT2D eigenvalue weighted by molar-refractivity contribution is 14.1. The summed E-state index contributed by atoms with van der Waals surface area (Å²) in [6.07, 6.45) is -4.67. The van der Waals surface area contributed by atoms with Gasteiger partial charge in [0.15, 0.2) is 0 Å². The van der Waals surface area contributed by atoms with Crippen LogP contribution in [-0.2, 0) is 6.18 Å². The molecule has 0 amide bonds. The number of alkyl halides is 3. The van der Waals surface area contributed by atoms with Gasteiger partial charge in [-0.25, -0.2) is 4.39 Å². The van der Waals surface area contributed by atoms with Gasteiger partial charge in [0.05, 0.1) is 14.5 Å². The Labute approximate surface area is 131 Å². The fraction of sp³-hybridized carbons (Fsp3) is 0.231. The third-order valence-corrected chi connectivity index (χ3v) is 4.65. The average molecular weight is 415 g/mol. The molecule has 1 N–H and O–H groups in total. The average Bonchev–Trinajstić information content (AvgIpc) is 2.75. The lowest BCUT2D eigenvalue weighted by Gasteiger charge is -2.17. The second kappa shape index (κ2) is 5.98. The first-order chi connectivity index (χ1) is 9.32. The van der Waals surface area contributed by atoms with Gasteiger partial charge in [-0.2, -0.15) is 13.2 Å². The molecule has 0 fully saturated rings. The van der Waals surface area contributed by atoms with Gasteiger partial charge >= 0.3 is 6.18 Å². The van der Waals surface area contributed by atoms with Gasteiger partial charge in [-0.05, 0) is 64.3 Å². The topological polar surface area (TPSA) is 12.0 Å². The molecule has 7 heteroatoms.